The van der Waals surface area contributed by atoms with Gasteiger partial charge in [-0.3, -0.25) is 0 Å². The van der Waals surface area contributed by atoms with Crippen molar-refractivity contribution in [3.8, 4) is 0 Å². The van der Waals surface area contributed by atoms with Crippen LogP contribution in [-0.2, 0) is 7.05 Å². The van der Waals surface area contributed by atoms with E-state index < -0.39 is 0 Å². The van der Waals surface area contributed by atoms with Gasteiger partial charge >= 0.3 is 0 Å². The first-order chi connectivity index (χ1) is 16.4. The third kappa shape index (κ3) is 6.13. The lowest BCUT2D eigenvalue weighted by Gasteiger charge is -2.32. The summed E-state index contributed by atoms with van der Waals surface area (Å²) in [6.45, 7) is 13.8. The topological polar surface area (TPSA) is 3.88 Å². The average Bonchev–Trinajstić information content (AvgIpc) is 3.12. The lowest BCUT2D eigenvalue weighted by molar-refractivity contribution is -0.642. The Kier molecular flexibility index (Phi) is 7.71. The Hall–Kier alpha value is -1.81. The van der Waals surface area contributed by atoms with Gasteiger partial charge in [0.15, 0.2) is 0 Å². The van der Waals surface area contributed by atoms with E-state index in [1.54, 1.807) is 0 Å². The van der Waals surface area contributed by atoms with Crippen molar-refractivity contribution in [3.05, 3.63) is 91.2 Å². The first-order valence-corrected chi connectivity index (χ1v) is 14.4. The van der Waals surface area contributed by atoms with Crippen LogP contribution < -0.4 is 4.57 Å². The van der Waals surface area contributed by atoms with Crippen LogP contribution in [0.5, 0.6) is 0 Å². The van der Waals surface area contributed by atoms with E-state index in [0.717, 1.165) is 24.3 Å². The number of halogens is 1. The van der Waals surface area contributed by atoms with Crippen LogP contribution in [0, 0.1) is 10.8 Å². The maximum Gasteiger partial charge on any atom is 0.262 e. The number of hydrogen-bond donors (Lipinski definition) is 0. The van der Waals surface area contributed by atoms with Gasteiger partial charge in [0.05, 0.1) is 0 Å². The average molecular weight is 523 g/mol. The predicted molar refractivity (Wildman–Crippen MR) is 158 cm³/mol. The monoisotopic (exact) mass is 522 g/mol. The largest absolute Gasteiger partial charge is 0.262 e. The molecule has 2 aromatic rings. The van der Waals surface area contributed by atoms with Crippen molar-refractivity contribution in [1.29, 1.82) is 0 Å². The van der Waals surface area contributed by atoms with Gasteiger partial charge in [-0.1, -0.05) is 107 Å². The molecule has 1 nitrogen and oxygen atoms in total. The third-order valence-corrected chi connectivity index (χ3v) is 10.00. The van der Waals surface area contributed by atoms with E-state index in [0.29, 0.717) is 0 Å². The zero-order valence-electron chi connectivity index (χ0n) is 22.0. The molecule has 35 heavy (non-hydrogen) atoms. The summed E-state index contributed by atoms with van der Waals surface area (Å²) >= 11 is 10.7. The highest BCUT2D eigenvalue weighted by Gasteiger charge is 2.27. The molecular formula is C31H37ClNS2+. The van der Waals surface area contributed by atoms with Gasteiger partial charge in [0.25, 0.3) is 5.01 Å². The minimum Gasteiger partial charge on any atom is -0.185 e. The van der Waals surface area contributed by atoms with Gasteiger partial charge in [-0.25, -0.2) is 0 Å². The van der Waals surface area contributed by atoms with Crippen molar-refractivity contribution in [3.63, 3.8) is 0 Å². The smallest absolute Gasteiger partial charge is 0.185 e. The summed E-state index contributed by atoms with van der Waals surface area (Å²) in [5.41, 5.74) is 5.26. The molecule has 184 valence electrons. The van der Waals surface area contributed by atoms with Crippen LogP contribution >= 0.6 is 34.7 Å². The molecule has 0 radical (unpaired) electrons. The molecule has 0 fully saturated rings. The molecular weight excluding hydrogens is 486 g/mol. The molecule has 4 rings (SSSR count). The second-order valence-electron chi connectivity index (χ2n) is 11.5. The van der Waals surface area contributed by atoms with Crippen LogP contribution in [0.4, 0.5) is 0 Å². The SMILES string of the molecule is C[n+]1c(/C=C/C2=C(Cl)C(=C/C=C3C=C(C(C)(C)C)SC(C(C)(C)C)=C3)/CCC2)sc2ccccc21. The molecule has 1 aromatic carbocycles. The molecule has 0 unspecified atom stereocenters. The van der Waals surface area contributed by atoms with Gasteiger partial charge in [-0.15, -0.1) is 0 Å². The minimum atomic E-state index is 0.130. The highest BCUT2D eigenvalue weighted by molar-refractivity contribution is 8.06. The fourth-order valence-corrected chi connectivity index (χ4v) is 6.81. The molecule has 1 aromatic heterocycles. The van der Waals surface area contributed by atoms with Crippen molar-refractivity contribution in [2.45, 2.75) is 60.8 Å². The maximum absolute atomic E-state index is 6.95. The number of benzene rings is 1. The summed E-state index contributed by atoms with van der Waals surface area (Å²) < 4.78 is 3.57. The highest BCUT2D eigenvalue weighted by Crippen LogP contribution is 2.48. The molecule has 2 heterocycles. The van der Waals surface area contributed by atoms with Gasteiger partial charge in [0.2, 0.25) is 5.52 Å². The van der Waals surface area contributed by atoms with E-state index in [-0.39, 0.29) is 10.8 Å². The molecule has 0 saturated carbocycles. The molecule has 4 heteroatoms. The number of allylic oxidation sites excluding steroid dienone is 11. The second-order valence-corrected chi connectivity index (χ2v) is 14.0. The van der Waals surface area contributed by atoms with E-state index in [4.69, 9.17) is 11.6 Å². The molecule has 0 bridgehead atoms. The summed E-state index contributed by atoms with van der Waals surface area (Å²) in [7, 11) is 2.13. The lowest BCUT2D eigenvalue weighted by atomic mass is 9.91. The van der Waals surface area contributed by atoms with E-state index in [1.165, 1.54) is 41.8 Å². The Morgan fingerprint density at radius 2 is 1.54 bits per heavy atom. The normalized spacial score (nSPS) is 19.1. The van der Waals surface area contributed by atoms with Crippen LogP contribution in [0.2, 0.25) is 0 Å². The van der Waals surface area contributed by atoms with Gasteiger partial charge in [-0.05, 0) is 74.8 Å². The summed E-state index contributed by atoms with van der Waals surface area (Å²) in [5.74, 6) is 0. The van der Waals surface area contributed by atoms with E-state index in [9.17, 15) is 0 Å². The Morgan fingerprint density at radius 1 is 0.886 bits per heavy atom. The molecule has 0 N–H and O–H groups in total. The van der Waals surface area contributed by atoms with E-state index in [1.807, 2.05) is 23.1 Å². The number of hydrogen-bond acceptors (Lipinski definition) is 2. The van der Waals surface area contributed by atoms with Crippen molar-refractivity contribution >= 4 is 51.0 Å². The second kappa shape index (κ2) is 10.3. The number of fused-ring (bicyclic) bond motifs is 1. The van der Waals surface area contributed by atoms with Gasteiger partial charge in [-0.2, -0.15) is 4.57 Å². The van der Waals surface area contributed by atoms with Gasteiger partial charge < -0.3 is 0 Å². The molecule has 1 aliphatic carbocycles. The Morgan fingerprint density at radius 3 is 2.17 bits per heavy atom. The van der Waals surface area contributed by atoms with Crippen molar-refractivity contribution in [2.75, 3.05) is 0 Å². The first kappa shape index (κ1) is 26.3. The van der Waals surface area contributed by atoms with E-state index >= 15 is 0 Å². The number of para-hydroxylation sites is 1. The summed E-state index contributed by atoms with van der Waals surface area (Å²) in [5, 5.41) is 2.15. The predicted octanol–water partition coefficient (Wildman–Crippen LogP) is 9.88. The fraction of sp³-hybridized carbons (Fsp3) is 0.387. The summed E-state index contributed by atoms with van der Waals surface area (Å²) in [6.07, 6.45) is 16.8. The zero-order valence-corrected chi connectivity index (χ0v) is 24.4. The first-order valence-electron chi connectivity index (χ1n) is 12.4. The molecule has 0 amide bonds. The van der Waals surface area contributed by atoms with Gasteiger partial charge in [0.1, 0.15) is 11.7 Å². The van der Waals surface area contributed by atoms with Crippen LogP contribution in [0.1, 0.15) is 65.8 Å². The maximum atomic E-state index is 6.95. The van der Waals surface area contributed by atoms with Crippen molar-refractivity contribution < 1.29 is 4.57 Å². The van der Waals surface area contributed by atoms with Crippen LogP contribution in [0.25, 0.3) is 16.3 Å². The minimum absolute atomic E-state index is 0.130. The number of rotatable bonds is 3. The summed E-state index contributed by atoms with van der Waals surface area (Å²) in [6, 6.07) is 8.55. The standard InChI is InChI=1S/C31H37ClNS2/c1-30(2,3)26-19-21(20-27(35-26)31(4,5)6)15-16-22-11-10-12-23(29(22)32)17-18-28-33(7)24-13-8-9-14-25(24)34-28/h8-9,13-20H,10-12H2,1-7H3/q+1/b18-17+,22-16+. The van der Waals surface area contributed by atoms with Crippen LogP contribution in [-0.4, -0.2) is 0 Å². The molecule has 0 atom stereocenters. The molecule has 0 saturated heterocycles. The Labute approximate surface area is 224 Å². The van der Waals surface area contributed by atoms with Gasteiger partial charge in [0, 0.05) is 17.2 Å². The highest BCUT2D eigenvalue weighted by atomic mass is 35.5. The van der Waals surface area contributed by atoms with Crippen molar-refractivity contribution in [1.82, 2.24) is 0 Å². The van der Waals surface area contributed by atoms with E-state index in [2.05, 4.69) is 114 Å². The fourth-order valence-electron chi connectivity index (χ4n) is 4.20. The number of aromatic nitrogens is 1. The number of thioether (sulfide) groups is 1. The van der Waals surface area contributed by atoms with Crippen LogP contribution in [0.3, 0.4) is 0 Å². The number of aryl methyl sites for hydroxylation is 1. The van der Waals surface area contributed by atoms with Crippen LogP contribution in [0.15, 0.2) is 86.2 Å². The quantitative estimate of drug-likeness (QED) is 0.362. The Balaban J connectivity index is 1.64. The lowest BCUT2D eigenvalue weighted by Crippen LogP contribution is -2.28. The molecule has 1 aliphatic heterocycles. The Bertz CT molecular complexity index is 1280. The third-order valence-electron chi connectivity index (χ3n) is 6.43. The zero-order chi connectivity index (χ0) is 25.4. The number of nitrogens with zero attached hydrogens (tertiary/aromatic N) is 1. The summed E-state index contributed by atoms with van der Waals surface area (Å²) in [4.78, 5) is 2.83. The molecule has 2 aliphatic rings. The molecule has 0 spiro atoms. The van der Waals surface area contributed by atoms with Crippen molar-refractivity contribution in [2.24, 2.45) is 17.9 Å². The number of thiazole rings is 1.